The molecule has 11 heteroatoms. The summed E-state index contributed by atoms with van der Waals surface area (Å²) in [6.07, 6.45) is 11.4. The number of nitrogens with one attached hydrogen (secondary N) is 2. The SMILES string of the molecule is O=C(Cc1ncn2ccc(Cl)cc12)Nc1cc(NCc2cn3cc(C4CC4)cc(CO)c3n2)ncn1. The van der Waals surface area contributed by atoms with Crippen LogP contribution in [0, 0.1) is 0 Å². The van der Waals surface area contributed by atoms with Gasteiger partial charge in [0.05, 0.1) is 42.8 Å². The van der Waals surface area contributed by atoms with Crippen LogP contribution in [0.2, 0.25) is 5.02 Å². The van der Waals surface area contributed by atoms with E-state index in [2.05, 4.69) is 42.8 Å². The number of rotatable bonds is 8. The molecule has 6 rings (SSSR count). The Bertz CT molecular complexity index is 1590. The molecule has 5 aromatic heterocycles. The molecular formula is C25H23ClN8O2. The summed E-state index contributed by atoms with van der Waals surface area (Å²) in [7, 11) is 0. The molecule has 182 valence electrons. The van der Waals surface area contributed by atoms with Gasteiger partial charge in [0.15, 0.2) is 0 Å². The number of aliphatic hydroxyl groups excluding tert-OH is 1. The molecule has 5 aromatic rings. The maximum Gasteiger partial charge on any atom is 0.231 e. The Kier molecular flexibility index (Phi) is 5.74. The highest BCUT2D eigenvalue weighted by atomic mass is 35.5. The molecule has 5 heterocycles. The molecule has 0 unspecified atom stereocenters. The second-order valence-electron chi connectivity index (χ2n) is 8.89. The maximum absolute atomic E-state index is 12.6. The number of aliphatic hydroxyl groups is 1. The summed E-state index contributed by atoms with van der Waals surface area (Å²) in [5, 5.41) is 16.4. The first-order valence-corrected chi connectivity index (χ1v) is 12.0. The fourth-order valence-electron chi connectivity index (χ4n) is 4.28. The van der Waals surface area contributed by atoms with Crippen LogP contribution in [-0.2, 0) is 24.4 Å². The van der Waals surface area contributed by atoms with Crippen LogP contribution in [0.3, 0.4) is 0 Å². The van der Waals surface area contributed by atoms with Gasteiger partial charge in [0, 0.05) is 35.2 Å². The number of carbonyl (C=O) groups is 1. The molecule has 0 bridgehead atoms. The van der Waals surface area contributed by atoms with E-state index in [4.69, 9.17) is 11.6 Å². The van der Waals surface area contributed by atoms with Gasteiger partial charge in [0.1, 0.15) is 23.6 Å². The average Bonchev–Trinajstić information content (AvgIpc) is 3.54. The molecule has 36 heavy (non-hydrogen) atoms. The van der Waals surface area contributed by atoms with Crippen LogP contribution in [0.25, 0.3) is 11.2 Å². The molecule has 10 nitrogen and oxygen atoms in total. The van der Waals surface area contributed by atoms with Gasteiger partial charge in [-0.1, -0.05) is 11.6 Å². The lowest BCUT2D eigenvalue weighted by Crippen LogP contribution is -2.16. The number of aromatic nitrogens is 6. The van der Waals surface area contributed by atoms with Crippen LogP contribution in [0.1, 0.15) is 41.3 Å². The van der Waals surface area contributed by atoms with E-state index in [0.29, 0.717) is 34.8 Å². The van der Waals surface area contributed by atoms with Gasteiger partial charge in [0.25, 0.3) is 0 Å². The lowest BCUT2D eigenvalue weighted by Gasteiger charge is -2.07. The van der Waals surface area contributed by atoms with E-state index in [1.807, 2.05) is 15.0 Å². The highest BCUT2D eigenvalue weighted by Gasteiger charge is 2.25. The van der Waals surface area contributed by atoms with E-state index in [0.717, 1.165) is 22.4 Å². The molecule has 1 aliphatic rings. The summed E-state index contributed by atoms with van der Waals surface area (Å²) in [6, 6.07) is 7.26. The predicted octanol–water partition coefficient (Wildman–Crippen LogP) is 3.59. The van der Waals surface area contributed by atoms with Gasteiger partial charge >= 0.3 is 0 Å². The Morgan fingerprint density at radius 1 is 1.11 bits per heavy atom. The number of hydrogen-bond acceptors (Lipinski definition) is 7. The maximum atomic E-state index is 12.6. The minimum Gasteiger partial charge on any atom is -0.392 e. The third-order valence-corrected chi connectivity index (χ3v) is 6.45. The Hall–Kier alpha value is -4.02. The topological polar surface area (TPSA) is 122 Å². The quantitative estimate of drug-likeness (QED) is 0.296. The third kappa shape index (κ3) is 4.60. The number of carbonyl (C=O) groups excluding carboxylic acids is 1. The van der Waals surface area contributed by atoms with E-state index < -0.39 is 0 Å². The number of halogens is 1. The molecule has 0 atom stereocenters. The minimum atomic E-state index is -0.247. The van der Waals surface area contributed by atoms with Crippen LogP contribution in [0.5, 0.6) is 0 Å². The molecule has 1 saturated carbocycles. The molecule has 3 N–H and O–H groups in total. The van der Waals surface area contributed by atoms with Crippen molar-refractivity contribution < 1.29 is 9.90 Å². The Labute approximate surface area is 211 Å². The van der Waals surface area contributed by atoms with Crippen molar-refractivity contribution in [2.75, 3.05) is 10.6 Å². The van der Waals surface area contributed by atoms with Gasteiger partial charge < -0.3 is 24.5 Å². The van der Waals surface area contributed by atoms with Gasteiger partial charge in [0.2, 0.25) is 5.91 Å². The zero-order chi connectivity index (χ0) is 24.6. The summed E-state index contributed by atoms with van der Waals surface area (Å²) < 4.78 is 3.80. The lowest BCUT2D eigenvalue weighted by molar-refractivity contribution is -0.115. The number of hydrogen-bond donors (Lipinski definition) is 3. The Balaban J connectivity index is 1.12. The number of nitrogens with zero attached hydrogens (tertiary/aromatic N) is 6. The highest BCUT2D eigenvalue weighted by molar-refractivity contribution is 6.30. The zero-order valence-electron chi connectivity index (χ0n) is 19.2. The van der Waals surface area contributed by atoms with Crippen molar-refractivity contribution in [2.45, 2.75) is 38.3 Å². The van der Waals surface area contributed by atoms with Crippen LogP contribution in [-0.4, -0.2) is 39.8 Å². The summed E-state index contributed by atoms with van der Waals surface area (Å²) in [5.74, 6) is 1.27. The first-order valence-electron chi connectivity index (χ1n) is 11.6. The van der Waals surface area contributed by atoms with Crippen molar-refractivity contribution >= 4 is 40.3 Å². The molecule has 1 fully saturated rings. The van der Waals surface area contributed by atoms with Gasteiger partial charge in [-0.3, -0.25) is 4.79 Å². The van der Waals surface area contributed by atoms with Gasteiger partial charge in [-0.05, 0) is 42.5 Å². The smallest absolute Gasteiger partial charge is 0.231 e. The summed E-state index contributed by atoms with van der Waals surface area (Å²) in [6.45, 7) is 0.377. The van der Waals surface area contributed by atoms with Crippen LogP contribution >= 0.6 is 11.6 Å². The molecule has 0 radical (unpaired) electrons. The Morgan fingerprint density at radius 3 is 2.81 bits per heavy atom. The van der Waals surface area contributed by atoms with Gasteiger partial charge in [-0.25, -0.2) is 19.9 Å². The number of anilines is 2. The van der Waals surface area contributed by atoms with Crippen molar-refractivity contribution in [3.8, 4) is 0 Å². The van der Waals surface area contributed by atoms with E-state index >= 15 is 0 Å². The average molecular weight is 503 g/mol. The summed E-state index contributed by atoms with van der Waals surface area (Å²) in [4.78, 5) is 30.0. The predicted molar refractivity (Wildman–Crippen MR) is 135 cm³/mol. The van der Waals surface area contributed by atoms with Crippen molar-refractivity contribution in [1.29, 1.82) is 0 Å². The molecule has 0 aromatic carbocycles. The first kappa shape index (κ1) is 22.4. The lowest BCUT2D eigenvalue weighted by atomic mass is 10.1. The highest BCUT2D eigenvalue weighted by Crippen LogP contribution is 2.40. The number of pyridine rings is 2. The van der Waals surface area contributed by atoms with E-state index in [-0.39, 0.29) is 18.9 Å². The second-order valence-corrected chi connectivity index (χ2v) is 9.33. The monoisotopic (exact) mass is 502 g/mol. The molecule has 1 amide bonds. The minimum absolute atomic E-state index is 0.0509. The summed E-state index contributed by atoms with van der Waals surface area (Å²) >= 11 is 6.08. The van der Waals surface area contributed by atoms with Crippen LogP contribution in [0.15, 0.2) is 55.5 Å². The Morgan fingerprint density at radius 2 is 1.97 bits per heavy atom. The standard InChI is InChI=1S/C25H23ClN8O2/c26-18-3-4-33-14-30-20(21(33)6-18)7-24(36)32-23-8-22(28-13-29-23)27-9-19-11-34-10-16(15-1-2-15)5-17(12-35)25(34)31-19/h3-6,8,10-11,13-15,35H,1-2,7,9,12H2,(H2,27,28,29,32,36). The van der Waals surface area contributed by atoms with Crippen LogP contribution < -0.4 is 10.6 Å². The van der Waals surface area contributed by atoms with Crippen molar-refractivity contribution in [3.05, 3.63) is 83.0 Å². The second kappa shape index (κ2) is 9.21. The van der Waals surface area contributed by atoms with Gasteiger partial charge in [-0.2, -0.15) is 0 Å². The van der Waals surface area contributed by atoms with Gasteiger partial charge in [-0.15, -0.1) is 0 Å². The largest absolute Gasteiger partial charge is 0.392 e. The molecule has 0 saturated heterocycles. The summed E-state index contributed by atoms with van der Waals surface area (Å²) in [5.41, 5.74) is 5.04. The molecule has 0 spiro atoms. The van der Waals surface area contributed by atoms with Crippen molar-refractivity contribution in [3.63, 3.8) is 0 Å². The normalized spacial score (nSPS) is 13.4. The van der Waals surface area contributed by atoms with E-state index in [1.54, 1.807) is 30.7 Å². The fraction of sp³-hybridized carbons (Fsp3) is 0.240. The zero-order valence-corrected chi connectivity index (χ0v) is 20.0. The van der Waals surface area contributed by atoms with E-state index in [9.17, 15) is 9.90 Å². The number of imidazole rings is 2. The molecule has 0 aliphatic heterocycles. The van der Waals surface area contributed by atoms with Crippen molar-refractivity contribution in [1.82, 2.24) is 28.7 Å². The molecule has 1 aliphatic carbocycles. The number of amides is 1. The van der Waals surface area contributed by atoms with Crippen LogP contribution in [0.4, 0.5) is 11.6 Å². The first-order chi connectivity index (χ1) is 17.6. The van der Waals surface area contributed by atoms with Crippen molar-refractivity contribution in [2.24, 2.45) is 0 Å². The third-order valence-electron chi connectivity index (χ3n) is 6.21. The van der Waals surface area contributed by atoms with E-state index in [1.165, 1.54) is 24.7 Å². The molecular weight excluding hydrogens is 480 g/mol. The fourth-order valence-corrected chi connectivity index (χ4v) is 4.44. The number of fused-ring (bicyclic) bond motifs is 2.